The first-order valence-corrected chi connectivity index (χ1v) is 10.6. The lowest BCUT2D eigenvalue weighted by Gasteiger charge is -2.15. The van der Waals surface area contributed by atoms with E-state index in [4.69, 9.17) is 0 Å². The zero-order valence-electron chi connectivity index (χ0n) is 13.9. The Kier molecular flexibility index (Phi) is 7.30. The summed E-state index contributed by atoms with van der Waals surface area (Å²) in [4.78, 5) is -0.771. The number of nitrogens with one attached hydrogen (secondary N) is 1. The highest BCUT2D eigenvalue weighted by atomic mass is 32.2. The van der Waals surface area contributed by atoms with Gasteiger partial charge < -0.3 is 0 Å². The molecule has 1 rings (SSSR count). The molecule has 0 fully saturated rings. The van der Waals surface area contributed by atoms with Crippen LogP contribution in [0, 0.1) is 5.92 Å². The molecule has 0 radical (unpaired) electrons. The van der Waals surface area contributed by atoms with E-state index in [9.17, 15) is 25.6 Å². The largest absolute Gasteiger partial charge is 0.341 e. The fraction of sp³-hybridized carbons (Fsp3) is 0.600. The van der Waals surface area contributed by atoms with Crippen molar-refractivity contribution in [2.24, 2.45) is 5.92 Å². The molecule has 1 N–H and O–H groups in total. The van der Waals surface area contributed by atoms with E-state index < -0.39 is 30.5 Å². The fourth-order valence-electron chi connectivity index (χ4n) is 2.14. The lowest BCUT2D eigenvalue weighted by atomic mass is 10.0. The lowest BCUT2D eigenvalue weighted by Crippen LogP contribution is -2.32. The summed E-state index contributed by atoms with van der Waals surface area (Å²) in [5.74, 6) is -3.00. The molecule has 1 atom stereocenters. The molecule has 0 aliphatic rings. The van der Waals surface area contributed by atoms with E-state index >= 15 is 0 Å². The summed E-state index contributed by atoms with van der Waals surface area (Å²) in [6.45, 7) is 5.92. The van der Waals surface area contributed by atoms with Gasteiger partial charge in [-0.25, -0.2) is 21.6 Å². The molecule has 0 spiro atoms. The van der Waals surface area contributed by atoms with Crippen LogP contribution in [0.15, 0.2) is 34.1 Å². The SMILES string of the molecule is CC(C)CCC[C@@H](C)NS(=O)(=O)c1ccc(S(=O)(=O)C(F)F)cc1. The molecular formula is C15H23F2NO4S2. The number of rotatable bonds is 9. The van der Waals surface area contributed by atoms with E-state index in [2.05, 4.69) is 18.6 Å². The second kappa shape index (κ2) is 8.35. The van der Waals surface area contributed by atoms with Gasteiger partial charge in [-0.05, 0) is 43.5 Å². The first-order chi connectivity index (χ1) is 11.0. The van der Waals surface area contributed by atoms with Gasteiger partial charge in [0.15, 0.2) is 0 Å². The van der Waals surface area contributed by atoms with Crippen LogP contribution in [0.3, 0.4) is 0 Å². The van der Waals surface area contributed by atoms with Gasteiger partial charge >= 0.3 is 5.76 Å². The summed E-state index contributed by atoms with van der Waals surface area (Å²) >= 11 is 0. The van der Waals surface area contributed by atoms with Crippen LogP contribution >= 0.6 is 0 Å². The number of hydrogen-bond donors (Lipinski definition) is 1. The highest BCUT2D eigenvalue weighted by Crippen LogP contribution is 2.20. The normalized spacial score (nSPS) is 14.3. The molecular weight excluding hydrogens is 360 g/mol. The smallest absolute Gasteiger partial charge is 0.218 e. The van der Waals surface area contributed by atoms with Crippen LogP contribution < -0.4 is 4.72 Å². The summed E-state index contributed by atoms with van der Waals surface area (Å²) in [6.07, 6.45) is 2.55. The second-order valence-electron chi connectivity index (χ2n) is 6.12. The van der Waals surface area contributed by atoms with Crippen molar-refractivity contribution in [1.29, 1.82) is 0 Å². The molecule has 138 valence electrons. The molecule has 0 aliphatic heterocycles. The van der Waals surface area contributed by atoms with Crippen LogP contribution in [-0.2, 0) is 19.9 Å². The van der Waals surface area contributed by atoms with Crippen LogP contribution in [0.5, 0.6) is 0 Å². The molecule has 0 bridgehead atoms. The Labute approximate surface area is 142 Å². The standard InChI is InChI=1S/C15H23F2NO4S2/c1-11(2)5-4-6-12(3)18-24(21,22)14-9-7-13(8-10-14)23(19,20)15(16)17/h7-12,15,18H,4-6H2,1-3H3/t12-/m1/s1. The molecule has 0 saturated carbocycles. The van der Waals surface area contributed by atoms with E-state index in [1.165, 1.54) is 0 Å². The Hall–Kier alpha value is -1.06. The van der Waals surface area contributed by atoms with E-state index in [0.29, 0.717) is 12.3 Å². The van der Waals surface area contributed by atoms with Crippen molar-refractivity contribution in [3.8, 4) is 0 Å². The number of alkyl halides is 2. The van der Waals surface area contributed by atoms with Crippen LogP contribution in [0.4, 0.5) is 8.78 Å². The predicted molar refractivity (Wildman–Crippen MR) is 88.1 cm³/mol. The number of sulfonamides is 1. The van der Waals surface area contributed by atoms with E-state index in [1.807, 2.05) is 0 Å². The van der Waals surface area contributed by atoms with Crippen molar-refractivity contribution in [1.82, 2.24) is 4.72 Å². The maximum Gasteiger partial charge on any atom is 0.341 e. The summed E-state index contributed by atoms with van der Waals surface area (Å²) in [5.41, 5.74) is 0. The van der Waals surface area contributed by atoms with Gasteiger partial charge in [0.2, 0.25) is 19.9 Å². The Morgan fingerprint density at radius 1 is 0.917 bits per heavy atom. The number of halogens is 2. The molecule has 1 aromatic rings. The van der Waals surface area contributed by atoms with Gasteiger partial charge in [0.25, 0.3) is 0 Å². The van der Waals surface area contributed by atoms with Gasteiger partial charge in [-0.15, -0.1) is 0 Å². The Morgan fingerprint density at radius 2 is 1.42 bits per heavy atom. The van der Waals surface area contributed by atoms with Crippen molar-refractivity contribution in [3.63, 3.8) is 0 Å². The molecule has 0 aromatic heterocycles. The highest BCUT2D eigenvalue weighted by Gasteiger charge is 2.27. The third-order valence-corrected chi connectivity index (χ3v) is 6.48. The minimum Gasteiger partial charge on any atom is -0.218 e. The van der Waals surface area contributed by atoms with Gasteiger partial charge in [0.1, 0.15) is 0 Å². The van der Waals surface area contributed by atoms with Crippen LogP contribution in [0.2, 0.25) is 0 Å². The van der Waals surface area contributed by atoms with Gasteiger partial charge in [-0.3, -0.25) is 0 Å². The van der Waals surface area contributed by atoms with Gasteiger partial charge in [0.05, 0.1) is 9.79 Å². The Balaban J connectivity index is 2.81. The molecule has 9 heteroatoms. The third kappa shape index (κ3) is 5.78. The van der Waals surface area contributed by atoms with E-state index in [-0.39, 0.29) is 10.9 Å². The third-order valence-electron chi connectivity index (χ3n) is 3.47. The molecule has 5 nitrogen and oxygen atoms in total. The molecule has 0 amide bonds. The monoisotopic (exact) mass is 383 g/mol. The van der Waals surface area contributed by atoms with Gasteiger partial charge in [0, 0.05) is 6.04 Å². The summed E-state index contributed by atoms with van der Waals surface area (Å²) < 4.78 is 74.5. The van der Waals surface area contributed by atoms with Gasteiger partial charge in [-0.1, -0.05) is 26.7 Å². The van der Waals surface area contributed by atoms with Crippen molar-refractivity contribution < 1.29 is 25.6 Å². The summed E-state index contributed by atoms with van der Waals surface area (Å²) in [7, 11) is -8.56. The average Bonchev–Trinajstić information content (AvgIpc) is 2.46. The Morgan fingerprint density at radius 3 is 1.88 bits per heavy atom. The van der Waals surface area contributed by atoms with Crippen molar-refractivity contribution in [2.45, 2.75) is 61.6 Å². The highest BCUT2D eigenvalue weighted by molar-refractivity contribution is 7.91. The topological polar surface area (TPSA) is 80.3 Å². The summed E-state index contributed by atoms with van der Waals surface area (Å²) in [5, 5.41) is 0. The zero-order chi connectivity index (χ0) is 18.5. The molecule has 0 saturated heterocycles. The van der Waals surface area contributed by atoms with E-state index in [1.54, 1.807) is 6.92 Å². The minimum absolute atomic E-state index is 0.161. The van der Waals surface area contributed by atoms with Gasteiger partial charge in [-0.2, -0.15) is 8.78 Å². The van der Waals surface area contributed by atoms with Crippen molar-refractivity contribution in [3.05, 3.63) is 24.3 Å². The van der Waals surface area contributed by atoms with Crippen LogP contribution in [-0.4, -0.2) is 28.6 Å². The minimum atomic E-state index is -4.73. The molecule has 24 heavy (non-hydrogen) atoms. The van der Waals surface area contributed by atoms with Crippen LogP contribution in [0.1, 0.15) is 40.0 Å². The average molecular weight is 383 g/mol. The fourth-order valence-corrected chi connectivity index (χ4v) is 4.13. The first kappa shape index (κ1) is 21.0. The molecule has 0 aliphatic carbocycles. The lowest BCUT2D eigenvalue weighted by molar-refractivity contribution is 0.234. The number of benzene rings is 1. The molecule has 0 heterocycles. The zero-order valence-corrected chi connectivity index (χ0v) is 15.5. The second-order valence-corrected chi connectivity index (χ2v) is 9.76. The number of sulfone groups is 1. The van der Waals surface area contributed by atoms with Crippen LogP contribution in [0.25, 0.3) is 0 Å². The molecule has 0 unspecified atom stereocenters. The maximum atomic E-state index is 12.5. The summed E-state index contributed by atoms with van der Waals surface area (Å²) in [6, 6.07) is 3.49. The van der Waals surface area contributed by atoms with Crippen molar-refractivity contribution in [2.75, 3.05) is 0 Å². The Bertz CT molecular complexity index is 729. The molecule has 1 aromatic carbocycles. The van der Waals surface area contributed by atoms with Crippen molar-refractivity contribution >= 4 is 19.9 Å². The predicted octanol–water partition coefficient (Wildman–Crippen LogP) is 3.18. The maximum absolute atomic E-state index is 12.5. The quantitative estimate of drug-likeness (QED) is 0.710. The first-order valence-electron chi connectivity index (χ1n) is 7.61. The number of hydrogen-bond acceptors (Lipinski definition) is 4. The van der Waals surface area contributed by atoms with E-state index in [0.717, 1.165) is 37.1 Å².